The van der Waals surface area contributed by atoms with Crippen LogP contribution in [0.5, 0.6) is 0 Å². The van der Waals surface area contributed by atoms with Gasteiger partial charge in [-0.1, -0.05) is 18.2 Å². The quantitative estimate of drug-likeness (QED) is 0.820. The number of nitrogens with two attached hydrogens (primary N) is 1. The summed E-state index contributed by atoms with van der Waals surface area (Å²) in [5, 5.41) is 10.2. The lowest BCUT2D eigenvalue weighted by molar-refractivity contribution is 0.264. The van der Waals surface area contributed by atoms with Gasteiger partial charge in [-0.15, -0.1) is 16.4 Å². The molecular formula is C12H19N5S. The molecule has 2 aromatic heterocycles. The molecule has 6 heteroatoms. The van der Waals surface area contributed by atoms with E-state index in [1.807, 2.05) is 10.9 Å². The van der Waals surface area contributed by atoms with Crippen LogP contribution in [0.1, 0.15) is 17.5 Å². The second-order valence-electron chi connectivity index (χ2n) is 4.13. The zero-order chi connectivity index (χ0) is 12.8. The molecule has 0 fully saturated rings. The predicted octanol–water partition coefficient (Wildman–Crippen LogP) is 1.32. The minimum absolute atomic E-state index is 0.451. The molecule has 0 radical (unpaired) electrons. The Kier molecular flexibility index (Phi) is 4.86. The molecule has 2 heterocycles. The van der Waals surface area contributed by atoms with E-state index < -0.39 is 0 Å². The van der Waals surface area contributed by atoms with Crippen LogP contribution in [0.3, 0.4) is 0 Å². The molecule has 0 aliphatic heterocycles. The zero-order valence-corrected chi connectivity index (χ0v) is 11.4. The van der Waals surface area contributed by atoms with Crippen LogP contribution in [-0.2, 0) is 19.6 Å². The van der Waals surface area contributed by atoms with Gasteiger partial charge < -0.3 is 5.73 Å². The number of likely N-dealkylation sites (N-methyl/N-ethyl adjacent to an activating group) is 1. The second kappa shape index (κ2) is 6.63. The van der Waals surface area contributed by atoms with E-state index in [1.54, 1.807) is 11.3 Å². The highest BCUT2D eigenvalue weighted by molar-refractivity contribution is 7.09. The second-order valence-corrected chi connectivity index (χ2v) is 5.16. The Labute approximate surface area is 111 Å². The van der Waals surface area contributed by atoms with Crippen molar-refractivity contribution in [1.82, 2.24) is 19.9 Å². The highest BCUT2D eigenvalue weighted by Gasteiger charge is 2.05. The molecule has 0 unspecified atom stereocenters. The molecule has 0 saturated heterocycles. The molecular weight excluding hydrogens is 246 g/mol. The lowest BCUT2D eigenvalue weighted by atomic mass is 10.4. The maximum absolute atomic E-state index is 5.51. The molecule has 0 atom stereocenters. The minimum Gasteiger partial charge on any atom is -0.325 e. The lowest BCUT2D eigenvalue weighted by Gasteiger charge is -2.19. The third kappa shape index (κ3) is 3.63. The van der Waals surface area contributed by atoms with Crippen molar-refractivity contribution in [2.45, 2.75) is 26.6 Å². The van der Waals surface area contributed by atoms with Gasteiger partial charge in [-0.05, 0) is 18.0 Å². The summed E-state index contributed by atoms with van der Waals surface area (Å²) in [5.74, 6) is 0. The Hall–Kier alpha value is -1.24. The summed E-state index contributed by atoms with van der Waals surface area (Å²) in [5.41, 5.74) is 6.35. The van der Waals surface area contributed by atoms with Crippen molar-refractivity contribution in [3.8, 4) is 0 Å². The monoisotopic (exact) mass is 265 g/mol. The van der Waals surface area contributed by atoms with Crippen LogP contribution in [0.2, 0.25) is 0 Å². The molecule has 0 aromatic carbocycles. The Bertz CT molecular complexity index is 451. The van der Waals surface area contributed by atoms with Gasteiger partial charge in [-0.2, -0.15) is 0 Å². The molecule has 2 aromatic rings. The van der Waals surface area contributed by atoms with Gasteiger partial charge in [0.05, 0.1) is 12.2 Å². The highest BCUT2D eigenvalue weighted by atomic mass is 32.1. The number of thiophene rings is 1. The molecule has 0 saturated carbocycles. The smallest absolute Gasteiger partial charge is 0.0962 e. The number of rotatable bonds is 7. The summed E-state index contributed by atoms with van der Waals surface area (Å²) in [6.45, 7) is 6.50. The van der Waals surface area contributed by atoms with Gasteiger partial charge in [0.25, 0.3) is 0 Å². The van der Waals surface area contributed by atoms with E-state index in [-0.39, 0.29) is 0 Å². The maximum Gasteiger partial charge on any atom is 0.0962 e. The topological polar surface area (TPSA) is 60.0 Å². The lowest BCUT2D eigenvalue weighted by Crippen LogP contribution is -2.26. The fourth-order valence-electron chi connectivity index (χ4n) is 1.76. The fourth-order valence-corrected chi connectivity index (χ4v) is 2.50. The summed E-state index contributed by atoms with van der Waals surface area (Å²) in [7, 11) is 0. The van der Waals surface area contributed by atoms with Crippen molar-refractivity contribution < 1.29 is 0 Å². The molecule has 2 N–H and O–H groups in total. The van der Waals surface area contributed by atoms with E-state index in [1.165, 1.54) is 4.88 Å². The Morgan fingerprint density at radius 1 is 1.50 bits per heavy atom. The number of hydrogen-bond donors (Lipinski definition) is 1. The standard InChI is InChI=1S/C12H19N5S/c1-2-16(10-12-4-3-7-18-12)5-6-17-9-11(8-13)14-15-17/h3-4,7,9H,2,5-6,8,10,13H2,1H3. The van der Waals surface area contributed by atoms with E-state index in [9.17, 15) is 0 Å². The molecule has 5 nitrogen and oxygen atoms in total. The van der Waals surface area contributed by atoms with Crippen molar-refractivity contribution in [1.29, 1.82) is 0 Å². The van der Waals surface area contributed by atoms with Gasteiger partial charge in [0.2, 0.25) is 0 Å². The van der Waals surface area contributed by atoms with E-state index in [0.29, 0.717) is 6.54 Å². The largest absolute Gasteiger partial charge is 0.325 e. The first-order valence-electron chi connectivity index (χ1n) is 6.15. The van der Waals surface area contributed by atoms with Gasteiger partial charge in [-0.25, -0.2) is 0 Å². The molecule has 0 aliphatic carbocycles. The molecule has 2 rings (SSSR count). The van der Waals surface area contributed by atoms with Gasteiger partial charge in [0, 0.05) is 30.7 Å². The number of nitrogens with zero attached hydrogens (tertiary/aromatic N) is 4. The molecule has 0 amide bonds. The van der Waals surface area contributed by atoms with Crippen molar-refractivity contribution in [3.63, 3.8) is 0 Å². The van der Waals surface area contributed by atoms with E-state index >= 15 is 0 Å². The van der Waals surface area contributed by atoms with E-state index in [0.717, 1.165) is 31.9 Å². The van der Waals surface area contributed by atoms with Crippen LogP contribution in [0.4, 0.5) is 0 Å². The summed E-state index contributed by atoms with van der Waals surface area (Å²) in [6.07, 6.45) is 1.92. The highest BCUT2D eigenvalue weighted by Crippen LogP contribution is 2.11. The third-order valence-electron chi connectivity index (χ3n) is 2.85. The van der Waals surface area contributed by atoms with Gasteiger partial charge in [-0.3, -0.25) is 9.58 Å². The first-order valence-corrected chi connectivity index (χ1v) is 7.03. The third-order valence-corrected chi connectivity index (χ3v) is 3.71. The zero-order valence-electron chi connectivity index (χ0n) is 10.6. The van der Waals surface area contributed by atoms with Crippen LogP contribution in [-0.4, -0.2) is 33.0 Å². The summed E-state index contributed by atoms with van der Waals surface area (Å²) in [4.78, 5) is 3.80. The summed E-state index contributed by atoms with van der Waals surface area (Å²) < 4.78 is 1.86. The minimum atomic E-state index is 0.451. The van der Waals surface area contributed by atoms with Crippen molar-refractivity contribution in [3.05, 3.63) is 34.3 Å². The van der Waals surface area contributed by atoms with Crippen LogP contribution >= 0.6 is 11.3 Å². The van der Waals surface area contributed by atoms with Gasteiger partial charge in [0.15, 0.2) is 0 Å². The Balaban J connectivity index is 1.83. The molecule has 0 bridgehead atoms. The van der Waals surface area contributed by atoms with Crippen LogP contribution in [0.15, 0.2) is 23.7 Å². The van der Waals surface area contributed by atoms with Crippen LogP contribution < -0.4 is 5.73 Å². The molecule has 18 heavy (non-hydrogen) atoms. The van der Waals surface area contributed by atoms with Crippen LogP contribution in [0, 0.1) is 0 Å². The average Bonchev–Trinajstić information content (AvgIpc) is 3.05. The van der Waals surface area contributed by atoms with E-state index in [2.05, 4.69) is 39.6 Å². The summed E-state index contributed by atoms with van der Waals surface area (Å²) in [6, 6.07) is 4.27. The predicted molar refractivity (Wildman–Crippen MR) is 73.2 cm³/mol. The number of aromatic nitrogens is 3. The molecule has 0 aliphatic rings. The van der Waals surface area contributed by atoms with E-state index in [4.69, 9.17) is 5.73 Å². The molecule has 0 spiro atoms. The van der Waals surface area contributed by atoms with Gasteiger partial charge >= 0.3 is 0 Å². The van der Waals surface area contributed by atoms with Crippen molar-refractivity contribution in [2.24, 2.45) is 5.73 Å². The first-order chi connectivity index (χ1) is 8.81. The van der Waals surface area contributed by atoms with Crippen molar-refractivity contribution >= 4 is 11.3 Å². The average molecular weight is 265 g/mol. The SMILES string of the molecule is CCN(CCn1cc(CN)nn1)Cc1cccs1. The van der Waals surface area contributed by atoms with Gasteiger partial charge in [0.1, 0.15) is 0 Å². The summed E-state index contributed by atoms with van der Waals surface area (Å²) >= 11 is 1.80. The Morgan fingerprint density at radius 2 is 2.39 bits per heavy atom. The first kappa shape index (κ1) is 13.2. The number of hydrogen-bond acceptors (Lipinski definition) is 5. The van der Waals surface area contributed by atoms with Crippen LogP contribution in [0.25, 0.3) is 0 Å². The normalized spacial score (nSPS) is 11.3. The maximum atomic E-state index is 5.51. The fraction of sp³-hybridized carbons (Fsp3) is 0.500. The Morgan fingerprint density at radius 3 is 3.00 bits per heavy atom. The molecule has 98 valence electrons. The van der Waals surface area contributed by atoms with Crippen molar-refractivity contribution in [2.75, 3.05) is 13.1 Å².